The summed E-state index contributed by atoms with van der Waals surface area (Å²) in [6.07, 6.45) is 0.831. The van der Waals surface area contributed by atoms with Crippen LogP contribution in [0.25, 0.3) is 0 Å². The summed E-state index contributed by atoms with van der Waals surface area (Å²) in [5.74, 6) is -3.34. The zero-order chi connectivity index (χ0) is 17.4. The summed E-state index contributed by atoms with van der Waals surface area (Å²) in [5, 5.41) is 3.01. The quantitative estimate of drug-likeness (QED) is 0.536. The molecule has 0 saturated heterocycles. The number of rotatable bonds is 9. The molecule has 7 heteroatoms. The van der Waals surface area contributed by atoms with Crippen molar-refractivity contribution in [3.63, 3.8) is 0 Å². The standard InChI is InChI=1S/C16H24F3N3O/c1-3-22(6-4-5-21-2)16(23)9-12(20)7-11-8-14(18)15(19)10-13(11)17/h8,10,12,21H,3-7,9,20H2,1-2H3. The Morgan fingerprint density at radius 2 is 1.91 bits per heavy atom. The molecule has 1 unspecified atom stereocenters. The zero-order valence-corrected chi connectivity index (χ0v) is 13.5. The summed E-state index contributed by atoms with van der Waals surface area (Å²) in [6.45, 7) is 3.85. The van der Waals surface area contributed by atoms with Gasteiger partial charge in [-0.05, 0) is 45.0 Å². The van der Waals surface area contributed by atoms with Crippen LogP contribution in [0, 0.1) is 17.5 Å². The fourth-order valence-electron chi connectivity index (χ4n) is 2.33. The van der Waals surface area contributed by atoms with Gasteiger partial charge in [0.2, 0.25) is 5.91 Å². The summed E-state index contributed by atoms with van der Waals surface area (Å²) in [6, 6.07) is 0.634. The lowest BCUT2D eigenvalue weighted by atomic mass is 10.0. The third kappa shape index (κ3) is 6.19. The van der Waals surface area contributed by atoms with Crippen LogP contribution in [0.4, 0.5) is 13.2 Å². The van der Waals surface area contributed by atoms with Gasteiger partial charge in [0.25, 0.3) is 0 Å². The second kappa shape index (κ2) is 9.52. The number of halogens is 3. The Morgan fingerprint density at radius 1 is 1.26 bits per heavy atom. The number of benzene rings is 1. The molecule has 3 N–H and O–H groups in total. The largest absolute Gasteiger partial charge is 0.343 e. The van der Waals surface area contributed by atoms with Gasteiger partial charge in [0.15, 0.2) is 11.6 Å². The van der Waals surface area contributed by atoms with E-state index in [0.29, 0.717) is 19.2 Å². The van der Waals surface area contributed by atoms with Crippen molar-refractivity contribution in [1.29, 1.82) is 0 Å². The summed E-state index contributed by atoms with van der Waals surface area (Å²) >= 11 is 0. The molecule has 130 valence electrons. The molecule has 4 nitrogen and oxygen atoms in total. The Bertz CT molecular complexity index is 526. The molecule has 0 radical (unpaired) electrons. The van der Waals surface area contributed by atoms with E-state index in [0.717, 1.165) is 19.0 Å². The van der Waals surface area contributed by atoms with Gasteiger partial charge in [0.1, 0.15) is 5.82 Å². The topological polar surface area (TPSA) is 58.4 Å². The van der Waals surface area contributed by atoms with Crippen LogP contribution >= 0.6 is 0 Å². The second-order valence-corrected chi connectivity index (χ2v) is 5.46. The van der Waals surface area contributed by atoms with Crippen molar-refractivity contribution in [2.45, 2.75) is 32.2 Å². The molecule has 0 fully saturated rings. The Morgan fingerprint density at radius 3 is 2.52 bits per heavy atom. The molecule has 0 aliphatic rings. The maximum absolute atomic E-state index is 13.6. The highest BCUT2D eigenvalue weighted by atomic mass is 19.2. The first-order valence-corrected chi connectivity index (χ1v) is 7.70. The van der Waals surface area contributed by atoms with Crippen LogP contribution in [0.1, 0.15) is 25.3 Å². The summed E-state index contributed by atoms with van der Waals surface area (Å²) in [4.78, 5) is 13.9. The van der Waals surface area contributed by atoms with Crippen LogP contribution in [0.5, 0.6) is 0 Å². The second-order valence-electron chi connectivity index (χ2n) is 5.46. The van der Waals surface area contributed by atoms with E-state index in [-0.39, 0.29) is 24.3 Å². The lowest BCUT2D eigenvalue weighted by molar-refractivity contribution is -0.131. The molecule has 0 aliphatic heterocycles. The Labute approximate surface area is 134 Å². The zero-order valence-electron chi connectivity index (χ0n) is 13.5. The monoisotopic (exact) mass is 331 g/mol. The predicted octanol–water partition coefficient (Wildman–Crippen LogP) is 1.82. The molecule has 0 aromatic heterocycles. The molecule has 23 heavy (non-hydrogen) atoms. The van der Waals surface area contributed by atoms with Gasteiger partial charge in [-0.2, -0.15) is 0 Å². The maximum Gasteiger partial charge on any atom is 0.224 e. The van der Waals surface area contributed by atoms with Crippen molar-refractivity contribution in [2.75, 3.05) is 26.7 Å². The highest BCUT2D eigenvalue weighted by Gasteiger charge is 2.18. The van der Waals surface area contributed by atoms with E-state index in [1.165, 1.54) is 0 Å². The third-order valence-corrected chi connectivity index (χ3v) is 3.60. The molecule has 1 aromatic carbocycles. The van der Waals surface area contributed by atoms with E-state index in [4.69, 9.17) is 5.73 Å². The van der Waals surface area contributed by atoms with Crippen molar-refractivity contribution in [1.82, 2.24) is 10.2 Å². The molecule has 1 atom stereocenters. The minimum absolute atomic E-state index is 0.0250. The van der Waals surface area contributed by atoms with Crippen molar-refractivity contribution in [2.24, 2.45) is 5.73 Å². The molecule has 0 saturated carbocycles. The van der Waals surface area contributed by atoms with Gasteiger partial charge in [0, 0.05) is 31.6 Å². The normalized spacial score (nSPS) is 12.3. The van der Waals surface area contributed by atoms with E-state index in [1.807, 2.05) is 14.0 Å². The van der Waals surface area contributed by atoms with E-state index in [9.17, 15) is 18.0 Å². The van der Waals surface area contributed by atoms with E-state index < -0.39 is 23.5 Å². The average molecular weight is 331 g/mol. The smallest absolute Gasteiger partial charge is 0.224 e. The van der Waals surface area contributed by atoms with Crippen LogP contribution in [-0.4, -0.2) is 43.5 Å². The Kier molecular flexibility index (Phi) is 8.05. The van der Waals surface area contributed by atoms with Crippen molar-refractivity contribution in [3.05, 3.63) is 35.1 Å². The molecule has 1 aromatic rings. The minimum atomic E-state index is -1.24. The number of nitrogens with one attached hydrogen (secondary N) is 1. The molecule has 0 heterocycles. The molecular weight excluding hydrogens is 307 g/mol. The number of amides is 1. The van der Waals surface area contributed by atoms with Crippen molar-refractivity contribution in [3.8, 4) is 0 Å². The van der Waals surface area contributed by atoms with Crippen LogP contribution < -0.4 is 11.1 Å². The highest BCUT2D eigenvalue weighted by molar-refractivity contribution is 5.76. The number of nitrogens with two attached hydrogens (primary N) is 1. The molecule has 1 rings (SSSR count). The molecule has 0 aliphatic carbocycles. The number of carbonyl (C=O) groups excluding carboxylic acids is 1. The van der Waals surface area contributed by atoms with Gasteiger partial charge in [-0.15, -0.1) is 0 Å². The van der Waals surface area contributed by atoms with Gasteiger partial charge in [-0.3, -0.25) is 4.79 Å². The van der Waals surface area contributed by atoms with Crippen LogP contribution in [0.2, 0.25) is 0 Å². The van der Waals surface area contributed by atoms with Crippen LogP contribution in [0.3, 0.4) is 0 Å². The van der Waals surface area contributed by atoms with E-state index in [2.05, 4.69) is 5.32 Å². The van der Waals surface area contributed by atoms with Crippen LogP contribution in [0.15, 0.2) is 12.1 Å². The van der Waals surface area contributed by atoms with Gasteiger partial charge < -0.3 is 16.0 Å². The molecule has 1 amide bonds. The molecule has 0 bridgehead atoms. The SMILES string of the molecule is CCN(CCCNC)C(=O)CC(N)Cc1cc(F)c(F)cc1F. The fraction of sp³-hybridized carbons (Fsp3) is 0.562. The van der Waals surface area contributed by atoms with E-state index in [1.54, 1.807) is 4.90 Å². The number of hydrogen-bond acceptors (Lipinski definition) is 3. The van der Waals surface area contributed by atoms with E-state index >= 15 is 0 Å². The number of nitrogens with zero attached hydrogens (tertiary/aromatic N) is 1. The van der Waals surface area contributed by atoms with Crippen molar-refractivity contribution < 1.29 is 18.0 Å². The summed E-state index contributed by atoms with van der Waals surface area (Å²) in [5.41, 5.74) is 5.84. The maximum atomic E-state index is 13.6. The lowest BCUT2D eigenvalue weighted by Crippen LogP contribution is -2.38. The number of carbonyl (C=O) groups is 1. The average Bonchev–Trinajstić information content (AvgIpc) is 2.49. The lowest BCUT2D eigenvalue weighted by Gasteiger charge is -2.23. The number of hydrogen-bond donors (Lipinski definition) is 2. The van der Waals surface area contributed by atoms with Crippen molar-refractivity contribution >= 4 is 5.91 Å². The minimum Gasteiger partial charge on any atom is -0.343 e. The van der Waals surface area contributed by atoms with Gasteiger partial charge in [-0.25, -0.2) is 13.2 Å². The van der Waals surface area contributed by atoms with Gasteiger partial charge >= 0.3 is 0 Å². The summed E-state index contributed by atoms with van der Waals surface area (Å²) < 4.78 is 39.7. The van der Waals surface area contributed by atoms with Gasteiger partial charge in [0.05, 0.1) is 0 Å². The Hall–Kier alpha value is -1.60. The highest BCUT2D eigenvalue weighted by Crippen LogP contribution is 2.16. The fourth-order valence-corrected chi connectivity index (χ4v) is 2.33. The first-order chi connectivity index (χ1) is 10.9. The van der Waals surface area contributed by atoms with Crippen LogP contribution in [-0.2, 0) is 11.2 Å². The summed E-state index contributed by atoms with van der Waals surface area (Å²) in [7, 11) is 1.84. The predicted molar refractivity (Wildman–Crippen MR) is 83.4 cm³/mol. The Balaban J connectivity index is 2.59. The first-order valence-electron chi connectivity index (χ1n) is 7.70. The van der Waals surface area contributed by atoms with Gasteiger partial charge in [-0.1, -0.05) is 0 Å². The first kappa shape index (κ1) is 19.4. The molecular formula is C16H24F3N3O. The third-order valence-electron chi connectivity index (χ3n) is 3.60. The molecule has 0 spiro atoms.